The second-order valence-electron chi connectivity index (χ2n) is 1.51. The van der Waals surface area contributed by atoms with Crippen molar-refractivity contribution in [3.05, 3.63) is 23.6 Å². The largest absolute Gasteiger partial charge is 0.316 e. The summed E-state index contributed by atoms with van der Waals surface area (Å²) < 4.78 is 0. The molecule has 1 heterocycles. The molecule has 0 aliphatic carbocycles. The molecule has 0 radical (unpaired) electrons. The minimum atomic E-state index is -0.141. The number of hydrogen-bond acceptors (Lipinski definition) is 2. The summed E-state index contributed by atoms with van der Waals surface area (Å²) in [4.78, 5) is 0. The molecule has 0 fully saturated rings. The van der Waals surface area contributed by atoms with Crippen LogP contribution in [0.1, 0.15) is 0 Å². The first-order valence-electron chi connectivity index (χ1n) is 2.30. The molecule has 0 spiro atoms. The lowest BCUT2D eigenvalue weighted by molar-refractivity contribution is 1.16. The van der Waals surface area contributed by atoms with Crippen LogP contribution in [-0.4, -0.2) is 5.37 Å². The lowest BCUT2D eigenvalue weighted by Gasteiger charge is -2.06. The fourth-order valence-corrected chi connectivity index (χ4v) is 1.52. The van der Waals surface area contributed by atoms with Crippen LogP contribution in [0.25, 0.3) is 0 Å². The minimum Gasteiger partial charge on any atom is -0.316 e. The van der Waals surface area contributed by atoms with Gasteiger partial charge in [-0.25, -0.2) is 0 Å². The summed E-state index contributed by atoms with van der Waals surface area (Å²) in [5, 5.41) is 2.04. The van der Waals surface area contributed by atoms with Gasteiger partial charge in [0.1, 0.15) is 0 Å². The lowest BCUT2D eigenvalue weighted by Crippen LogP contribution is -2.21. The highest BCUT2D eigenvalue weighted by Crippen LogP contribution is 2.00. The smallest absolute Gasteiger partial charge is 0.0781 e. The molecule has 1 nitrogen and oxygen atoms in total. The molecule has 0 aromatic carbocycles. The van der Waals surface area contributed by atoms with Gasteiger partial charge in [0.05, 0.1) is 5.37 Å². The number of nitrogens with two attached hydrogens (primary N) is 1. The van der Waals surface area contributed by atoms with Crippen LogP contribution in [0, 0.1) is 0 Å². The molecule has 2 atom stereocenters. The number of allylic oxidation sites excluding steroid dienone is 2. The highest BCUT2D eigenvalue weighted by atomic mass is 32.8. The van der Waals surface area contributed by atoms with Crippen molar-refractivity contribution in [3.63, 3.8) is 0 Å². The maximum absolute atomic E-state index is 5.55. The maximum atomic E-state index is 5.55. The number of rotatable bonds is 0. The van der Waals surface area contributed by atoms with E-state index in [0.717, 1.165) is 0 Å². The predicted molar refractivity (Wildman–Crippen MR) is 41.0 cm³/mol. The first-order valence-corrected chi connectivity index (χ1v) is 4.58. The summed E-state index contributed by atoms with van der Waals surface area (Å²) in [5.74, 6) is 0. The average Bonchev–Trinajstić information content (AvgIpc) is 1.77. The van der Waals surface area contributed by atoms with Crippen LogP contribution in [0.2, 0.25) is 0 Å². The molecule has 1 aliphatic heterocycles. The second-order valence-corrected chi connectivity index (χ2v) is 4.13. The van der Waals surface area contributed by atoms with Crippen molar-refractivity contribution >= 4 is 20.6 Å². The van der Waals surface area contributed by atoms with Gasteiger partial charge in [0.15, 0.2) is 0 Å². The monoisotopic (exact) mass is 145 g/mol. The Bertz CT molecular complexity index is 160. The van der Waals surface area contributed by atoms with E-state index >= 15 is 0 Å². The first kappa shape index (κ1) is 6.13. The van der Waals surface area contributed by atoms with Gasteiger partial charge in [-0.2, -0.15) is 0 Å². The summed E-state index contributed by atoms with van der Waals surface area (Å²) in [7, 11) is -0.141. The molecular weight excluding hydrogens is 138 g/mol. The average molecular weight is 145 g/mol. The van der Waals surface area contributed by atoms with Gasteiger partial charge < -0.3 is 5.73 Å². The third-order valence-electron chi connectivity index (χ3n) is 0.893. The highest BCUT2D eigenvalue weighted by molar-refractivity contribution is 8.30. The molecule has 8 heavy (non-hydrogen) atoms. The van der Waals surface area contributed by atoms with E-state index in [4.69, 9.17) is 16.9 Å². The van der Waals surface area contributed by atoms with Crippen LogP contribution in [0.3, 0.4) is 0 Å². The molecule has 2 unspecified atom stereocenters. The maximum Gasteiger partial charge on any atom is 0.0781 e. The van der Waals surface area contributed by atoms with Gasteiger partial charge in [0, 0.05) is 0 Å². The van der Waals surface area contributed by atoms with Crippen LogP contribution in [0.4, 0.5) is 0 Å². The van der Waals surface area contributed by atoms with Crippen molar-refractivity contribution in [1.82, 2.24) is 0 Å². The van der Waals surface area contributed by atoms with E-state index < -0.39 is 0 Å². The van der Waals surface area contributed by atoms with Crippen molar-refractivity contribution < 1.29 is 0 Å². The van der Waals surface area contributed by atoms with Crippen LogP contribution in [0.15, 0.2) is 23.6 Å². The third-order valence-corrected chi connectivity index (χ3v) is 3.01. The van der Waals surface area contributed by atoms with Crippen LogP contribution in [0.5, 0.6) is 0 Å². The summed E-state index contributed by atoms with van der Waals surface area (Å²) in [6.07, 6.45) is 5.80. The molecule has 1 rings (SSSR count). The molecule has 0 bridgehead atoms. The molecule has 0 saturated heterocycles. The summed E-state index contributed by atoms with van der Waals surface area (Å²) in [6.45, 7) is 0. The Hall–Kier alpha value is 0.01000. The molecule has 44 valence electrons. The molecule has 2 N–H and O–H groups in total. The Kier molecular flexibility index (Phi) is 1.94. The molecule has 0 saturated carbocycles. The third kappa shape index (κ3) is 1.24. The fourth-order valence-electron chi connectivity index (χ4n) is 0.465. The van der Waals surface area contributed by atoms with E-state index in [1.807, 2.05) is 23.6 Å². The normalized spacial score (nSPS) is 35.6. The fraction of sp³-hybridized carbons (Fsp3) is 0.200. The van der Waals surface area contributed by atoms with Gasteiger partial charge in [-0.05, 0) is 16.6 Å². The van der Waals surface area contributed by atoms with E-state index in [0.29, 0.717) is 0 Å². The van der Waals surface area contributed by atoms with Crippen LogP contribution in [-0.2, 0) is 20.6 Å². The minimum absolute atomic E-state index is 0.0787. The van der Waals surface area contributed by atoms with Crippen molar-refractivity contribution in [2.75, 3.05) is 0 Å². The van der Waals surface area contributed by atoms with Crippen LogP contribution < -0.4 is 5.73 Å². The van der Waals surface area contributed by atoms with Gasteiger partial charge in [-0.1, -0.05) is 27.7 Å². The molecule has 1 aliphatic rings. The standard InChI is InChI=1S/C5H7NS2/c6-5-3-1-2-4-8(5)7/h1-5H,6H2. The Morgan fingerprint density at radius 2 is 2.25 bits per heavy atom. The topological polar surface area (TPSA) is 26.0 Å². The van der Waals surface area contributed by atoms with Crippen molar-refractivity contribution in [1.29, 1.82) is 0 Å². The summed E-state index contributed by atoms with van der Waals surface area (Å²) >= 11 is 4.98. The molecule has 0 aromatic rings. The molecule has 3 heteroatoms. The van der Waals surface area contributed by atoms with E-state index in [9.17, 15) is 0 Å². The Morgan fingerprint density at radius 1 is 1.50 bits per heavy atom. The van der Waals surface area contributed by atoms with Gasteiger partial charge in [-0.15, -0.1) is 0 Å². The molecular formula is C5H7NS2. The van der Waals surface area contributed by atoms with E-state index in [1.165, 1.54) is 0 Å². The summed E-state index contributed by atoms with van der Waals surface area (Å²) in [6, 6.07) is 0. The van der Waals surface area contributed by atoms with E-state index in [1.54, 1.807) is 0 Å². The Labute approximate surface area is 55.9 Å². The molecule has 0 amide bonds. The zero-order valence-corrected chi connectivity index (χ0v) is 5.91. The number of hydrogen-bond donors (Lipinski definition) is 1. The quantitative estimate of drug-likeness (QED) is 0.535. The van der Waals surface area contributed by atoms with Crippen molar-refractivity contribution in [2.24, 2.45) is 5.73 Å². The van der Waals surface area contributed by atoms with Gasteiger partial charge in [0.25, 0.3) is 0 Å². The van der Waals surface area contributed by atoms with E-state index in [-0.39, 0.29) is 14.8 Å². The second kappa shape index (κ2) is 2.53. The van der Waals surface area contributed by atoms with Crippen molar-refractivity contribution in [3.8, 4) is 0 Å². The van der Waals surface area contributed by atoms with Gasteiger partial charge in [-0.3, -0.25) is 0 Å². The predicted octanol–water partition coefficient (Wildman–Crippen LogP) is 0.435. The zero-order chi connectivity index (χ0) is 5.98. The van der Waals surface area contributed by atoms with Crippen molar-refractivity contribution in [2.45, 2.75) is 5.37 Å². The van der Waals surface area contributed by atoms with Crippen LogP contribution >= 0.6 is 0 Å². The highest BCUT2D eigenvalue weighted by Gasteiger charge is 2.00. The SMILES string of the molecule is NC1C=CC=CS1=S. The van der Waals surface area contributed by atoms with E-state index in [2.05, 4.69) is 0 Å². The zero-order valence-electron chi connectivity index (χ0n) is 4.28. The Balaban J connectivity index is 2.74. The van der Waals surface area contributed by atoms with Gasteiger partial charge in [0.2, 0.25) is 0 Å². The first-order chi connectivity index (χ1) is 3.80. The molecule has 0 aromatic heterocycles. The summed E-state index contributed by atoms with van der Waals surface area (Å²) in [5.41, 5.74) is 5.55. The lowest BCUT2D eigenvalue weighted by atomic mass is 10.5. The Morgan fingerprint density at radius 3 is 2.62 bits per heavy atom. The van der Waals surface area contributed by atoms with Gasteiger partial charge >= 0.3 is 0 Å².